The summed E-state index contributed by atoms with van der Waals surface area (Å²) >= 11 is 0. The summed E-state index contributed by atoms with van der Waals surface area (Å²) < 4.78 is 0. The molecular weight excluding hydrogens is 176 g/mol. The monoisotopic (exact) mass is 196 g/mol. The zero-order chi connectivity index (χ0) is 10.6. The van der Waals surface area contributed by atoms with Crippen LogP contribution in [0.25, 0.3) is 0 Å². The fourth-order valence-electron chi connectivity index (χ4n) is 1.90. The Morgan fingerprint density at radius 2 is 2.36 bits per heavy atom. The van der Waals surface area contributed by atoms with Crippen LogP contribution in [-0.2, 0) is 4.79 Å². The van der Waals surface area contributed by atoms with Crippen molar-refractivity contribution < 1.29 is 4.79 Å². The van der Waals surface area contributed by atoms with Gasteiger partial charge in [-0.3, -0.25) is 4.79 Å². The van der Waals surface area contributed by atoms with Gasteiger partial charge in [-0.2, -0.15) is 0 Å². The van der Waals surface area contributed by atoms with Gasteiger partial charge in [0.1, 0.15) is 0 Å². The number of likely N-dealkylation sites (tertiary alicyclic amines) is 1. The maximum Gasteiger partial charge on any atom is 0.246 e. The Kier molecular flexibility index (Phi) is 4.14. The zero-order valence-electron chi connectivity index (χ0n) is 9.07. The SMILES string of the molecule is C/C=C/C(=O)N1CCC(C)C(CN)C1. The van der Waals surface area contributed by atoms with Gasteiger partial charge >= 0.3 is 0 Å². The van der Waals surface area contributed by atoms with Crippen molar-refractivity contribution in [3.8, 4) is 0 Å². The molecule has 0 spiro atoms. The third-order valence-electron chi connectivity index (χ3n) is 3.04. The molecule has 0 aromatic heterocycles. The van der Waals surface area contributed by atoms with Gasteiger partial charge < -0.3 is 10.6 Å². The Hall–Kier alpha value is -0.830. The average Bonchev–Trinajstić information content (AvgIpc) is 2.19. The van der Waals surface area contributed by atoms with Crippen molar-refractivity contribution in [2.24, 2.45) is 17.6 Å². The maximum atomic E-state index is 11.6. The molecule has 1 fully saturated rings. The second-order valence-electron chi connectivity index (χ2n) is 4.05. The van der Waals surface area contributed by atoms with Crippen molar-refractivity contribution in [3.05, 3.63) is 12.2 Å². The summed E-state index contributed by atoms with van der Waals surface area (Å²) in [6, 6.07) is 0. The van der Waals surface area contributed by atoms with Gasteiger partial charge in [-0.1, -0.05) is 13.0 Å². The molecule has 0 bridgehead atoms. The number of carbonyl (C=O) groups is 1. The topological polar surface area (TPSA) is 46.3 Å². The molecule has 1 saturated heterocycles. The number of amides is 1. The first-order valence-corrected chi connectivity index (χ1v) is 5.30. The molecule has 1 aliphatic rings. The van der Waals surface area contributed by atoms with Crippen molar-refractivity contribution in [2.45, 2.75) is 20.3 Å². The molecule has 80 valence electrons. The minimum absolute atomic E-state index is 0.123. The lowest BCUT2D eigenvalue weighted by atomic mass is 9.87. The highest BCUT2D eigenvalue weighted by molar-refractivity contribution is 5.87. The molecule has 0 aliphatic carbocycles. The molecule has 1 amide bonds. The highest BCUT2D eigenvalue weighted by atomic mass is 16.2. The van der Waals surface area contributed by atoms with E-state index in [2.05, 4.69) is 6.92 Å². The fraction of sp³-hybridized carbons (Fsp3) is 0.727. The third kappa shape index (κ3) is 2.58. The van der Waals surface area contributed by atoms with Crippen LogP contribution in [0.5, 0.6) is 0 Å². The third-order valence-corrected chi connectivity index (χ3v) is 3.04. The lowest BCUT2D eigenvalue weighted by Crippen LogP contribution is -2.44. The van der Waals surface area contributed by atoms with E-state index < -0.39 is 0 Å². The summed E-state index contributed by atoms with van der Waals surface area (Å²) in [6.07, 6.45) is 4.49. The number of nitrogens with zero attached hydrogens (tertiary/aromatic N) is 1. The summed E-state index contributed by atoms with van der Waals surface area (Å²) in [6.45, 7) is 6.46. The van der Waals surface area contributed by atoms with Crippen LogP contribution in [0.4, 0.5) is 0 Å². The molecule has 0 aromatic rings. The average molecular weight is 196 g/mol. The van der Waals surface area contributed by atoms with Gasteiger partial charge in [0, 0.05) is 13.1 Å². The maximum absolute atomic E-state index is 11.6. The van der Waals surface area contributed by atoms with E-state index >= 15 is 0 Å². The normalized spacial score (nSPS) is 28.4. The van der Waals surface area contributed by atoms with E-state index in [9.17, 15) is 4.79 Å². The molecule has 0 aromatic carbocycles. The zero-order valence-corrected chi connectivity index (χ0v) is 9.07. The fourth-order valence-corrected chi connectivity index (χ4v) is 1.90. The summed E-state index contributed by atoms with van der Waals surface area (Å²) in [5.41, 5.74) is 5.67. The Labute approximate surface area is 86.0 Å². The van der Waals surface area contributed by atoms with Gasteiger partial charge in [-0.15, -0.1) is 0 Å². The molecule has 14 heavy (non-hydrogen) atoms. The minimum Gasteiger partial charge on any atom is -0.339 e. The van der Waals surface area contributed by atoms with Gasteiger partial charge in [0.25, 0.3) is 0 Å². The summed E-state index contributed by atoms with van der Waals surface area (Å²) in [7, 11) is 0. The Morgan fingerprint density at radius 1 is 1.64 bits per heavy atom. The Morgan fingerprint density at radius 3 is 2.93 bits per heavy atom. The smallest absolute Gasteiger partial charge is 0.246 e. The number of allylic oxidation sites excluding steroid dienone is 1. The highest BCUT2D eigenvalue weighted by Crippen LogP contribution is 2.22. The molecule has 1 rings (SSSR count). The van der Waals surface area contributed by atoms with E-state index in [-0.39, 0.29) is 5.91 Å². The number of carbonyl (C=O) groups excluding carboxylic acids is 1. The first kappa shape index (κ1) is 11.2. The van der Waals surface area contributed by atoms with Crippen LogP contribution >= 0.6 is 0 Å². The molecule has 1 heterocycles. The highest BCUT2D eigenvalue weighted by Gasteiger charge is 2.26. The van der Waals surface area contributed by atoms with Crippen molar-refractivity contribution in [2.75, 3.05) is 19.6 Å². The first-order valence-electron chi connectivity index (χ1n) is 5.30. The summed E-state index contributed by atoms with van der Waals surface area (Å²) in [5.74, 6) is 1.24. The van der Waals surface area contributed by atoms with Gasteiger partial charge in [0.15, 0.2) is 0 Å². The second-order valence-corrected chi connectivity index (χ2v) is 4.05. The quantitative estimate of drug-likeness (QED) is 0.670. The van der Waals surface area contributed by atoms with E-state index in [1.165, 1.54) is 0 Å². The number of hydrogen-bond acceptors (Lipinski definition) is 2. The second kappa shape index (κ2) is 5.15. The molecule has 3 heteroatoms. The van der Waals surface area contributed by atoms with Gasteiger partial charge in [-0.25, -0.2) is 0 Å². The molecule has 2 N–H and O–H groups in total. The van der Waals surface area contributed by atoms with Crippen LogP contribution in [0.3, 0.4) is 0 Å². The van der Waals surface area contributed by atoms with Crippen LogP contribution in [0.2, 0.25) is 0 Å². The number of nitrogens with two attached hydrogens (primary N) is 1. The predicted molar refractivity (Wildman–Crippen MR) is 57.7 cm³/mol. The number of piperidine rings is 1. The van der Waals surface area contributed by atoms with E-state index in [4.69, 9.17) is 5.73 Å². The van der Waals surface area contributed by atoms with E-state index in [0.717, 1.165) is 19.5 Å². The van der Waals surface area contributed by atoms with Crippen LogP contribution < -0.4 is 5.73 Å². The Bertz CT molecular complexity index is 225. The van der Waals surface area contributed by atoms with Crippen LogP contribution in [0, 0.1) is 11.8 Å². The molecule has 1 aliphatic heterocycles. The predicted octanol–water partition coefficient (Wildman–Crippen LogP) is 1.01. The van der Waals surface area contributed by atoms with Crippen molar-refractivity contribution in [1.29, 1.82) is 0 Å². The van der Waals surface area contributed by atoms with Crippen molar-refractivity contribution >= 4 is 5.91 Å². The van der Waals surface area contributed by atoms with Crippen molar-refractivity contribution in [1.82, 2.24) is 4.90 Å². The lowest BCUT2D eigenvalue weighted by Gasteiger charge is -2.36. The van der Waals surface area contributed by atoms with Gasteiger partial charge in [-0.05, 0) is 37.8 Å². The number of hydrogen-bond donors (Lipinski definition) is 1. The summed E-state index contributed by atoms with van der Waals surface area (Å²) in [5, 5.41) is 0. The minimum atomic E-state index is 0.123. The molecule has 0 radical (unpaired) electrons. The van der Waals surface area contributed by atoms with Crippen LogP contribution in [0.15, 0.2) is 12.2 Å². The van der Waals surface area contributed by atoms with Crippen LogP contribution in [-0.4, -0.2) is 30.4 Å². The standard InChI is InChI=1S/C11H20N2O/c1-3-4-11(14)13-6-5-9(2)10(7-12)8-13/h3-4,9-10H,5-8,12H2,1-2H3/b4-3+. The lowest BCUT2D eigenvalue weighted by molar-refractivity contribution is -0.128. The van der Waals surface area contributed by atoms with E-state index in [1.807, 2.05) is 11.8 Å². The van der Waals surface area contributed by atoms with Gasteiger partial charge in [0.2, 0.25) is 5.91 Å². The molecular formula is C11H20N2O. The molecule has 0 saturated carbocycles. The first-order chi connectivity index (χ1) is 6.69. The van der Waals surface area contributed by atoms with E-state index in [0.29, 0.717) is 18.4 Å². The number of rotatable bonds is 2. The summed E-state index contributed by atoms with van der Waals surface area (Å²) in [4.78, 5) is 13.5. The van der Waals surface area contributed by atoms with Crippen molar-refractivity contribution in [3.63, 3.8) is 0 Å². The molecule has 2 unspecified atom stereocenters. The van der Waals surface area contributed by atoms with Crippen LogP contribution in [0.1, 0.15) is 20.3 Å². The van der Waals surface area contributed by atoms with E-state index in [1.54, 1.807) is 12.2 Å². The molecule has 2 atom stereocenters. The largest absolute Gasteiger partial charge is 0.339 e. The molecule has 3 nitrogen and oxygen atoms in total. The van der Waals surface area contributed by atoms with Gasteiger partial charge in [0.05, 0.1) is 0 Å². The Balaban J connectivity index is 2.54.